The van der Waals surface area contributed by atoms with E-state index in [4.69, 9.17) is 4.74 Å². The van der Waals surface area contributed by atoms with Gasteiger partial charge in [0.1, 0.15) is 18.9 Å². The normalized spacial score (nSPS) is 11.1. The minimum atomic E-state index is -3.91. The number of anilines is 1. The molecule has 3 aromatic rings. The highest BCUT2D eigenvalue weighted by Gasteiger charge is 2.27. The Morgan fingerprint density at radius 1 is 0.906 bits per heavy atom. The van der Waals surface area contributed by atoms with Crippen LogP contribution in [0.5, 0.6) is 5.75 Å². The summed E-state index contributed by atoms with van der Waals surface area (Å²) in [5.74, 6) is 0.357. The van der Waals surface area contributed by atoms with Crippen molar-refractivity contribution >= 4 is 21.6 Å². The molecule has 0 spiro atoms. The van der Waals surface area contributed by atoms with Crippen molar-refractivity contribution in [2.45, 2.75) is 25.7 Å². The largest absolute Gasteiger partial charge is 0.491 e. The second-order valence-electron chi connectivity index (χ2n) is 7.58. The van der Waals surface area contributed by atoms with Crippen LogP contribution in [0.1, 0.15) is 16.7 Å². The highest BCUT2D eigenvalue weighted by atomic mass is 32.2. The van der Waals surface area contributed by atoms with Crippen LogP contribution in [-0.4, -0.2) is 34.0 Å². The quantitative estimate of drug-likeness (QED) is 0.498. The van der Waals surface area contributed by atoms with Gasteiger partial charge < -0.3 is 10.1 Å². The molecule has 0 saturated carbocycles. The molecular formula is C25H28N2O4S. The fourth-order valence-electron chi connectivity index (χ4n) is 3.36. The number of hydrogen-bond acceptors (Lipinski definition) is 4. The summed E-state index contributed by atoms with van der Waals surface area (Å²) in [5.41, 5.74) is 3.41. The molecule has 0 fully saturated rings. The molecule has 0 bridgehead atoms. The molecule has 1 N–H and O–H groups in total. The first-order valence-electron chi connectivity index (χ1n) is 10.4. The summed E-state index contributed by atoms with van der Waals surface area (Å²) < 4.78 is 33.5. The Hall–Kier alpha value is -3.32. The second-order valence-corrected chi connectivity index (χ2v) is 9.44. The van der Waals surface area contributed by atoms with Gasteiger partial charge in [-0.25, -0.2) is 8.42 Å². The van der Waals surface area contributed by atoms with Gasteiger partial charge in [-0.15, -0.1) is 0 Å². The van der Waals surface area contributed by atoms with Gasteiger partial charge in [-0.3, -0.25) is 9.10 Å². The van der Waals surface area contributed by atoms with E-state index in [1.165, 1.54) is 12.1 Å². The lowest BCUT2D eigenvalue weighted by Gasteiger charge is -2.25. The fraction of sp³-hybridized carbons (Fsp3) is 0.240. The third kappa shape index (κ3) is 5.68. The van der Waals surface area contributed by atoms with Crippen LogP contribution in [0.3, 0.4) is 0 Å². The molecule has 0 aromatic heterocycles. The van der Waals surface area contributed by atoms with Gasteiger partial charge in [-0.1, -0.05) is 54.1 Å². The first-order chi connectivity index (χ1) is 15.3. The van der Waals surface area contributed by atoms with E-state index in [1.807, 2.05) is 51.1 Å². The number of carbonyl (C=O) groups excluding carboxylic acids is 1. The average Bonchev–Trinajstić information content (AvgIpc) is 2.77. The Kier molecular flexibility index (Phi) is 7.53. The molecule has 168 valence electrons. The molecule has 0 aliphatic rings. The van der Waals surface area contributed by atoms with Crippen LogP contribution in [-0.2, 0) is 14.8 Å². The number of amides is 1. The number of ether oxygens (including phenoxy) is 1. The van der Waals surface area contributed by atoms with Gasteiger partial charge in [0.05, 0.1) is 17.1 Å². The molecule has 0 unspecified atom stereocenters. The minimum Gasteiger partial charge on any atom is -0.491 e. The number of aryl methyl sites for hydroxylation is 3. The maximum absolute atomic E-state index is 13.3. The number of hydrogen-bond donors (Lipinski definition) is 1. The first kappa shape index (κ1) is 23.3. The van der Waals surface area contributed by atoms with Crippen LogP contribution in [0.4, 0.5) is 5.69 Å². The van der Waals surface area contributed by atoms with Crippen molar-refractivity contribution in [1.29, 1.82) is 0 Å². The average molecular weight is 453 g/mol. The van der Waals surface area contributed by atoms with Crippen LogP contribution in [0.15, 0.2) is 77.7 Å². The summed E-state index contributed by atoms with van der Waals surface area (Å²) in [5, 5.41) is 2.76. The number of benzene rings is 3. The number of rotatable bonds is 9. The number of para-hydroxylation sites is 1. The van der Waals surface area contributed by atoms with Gasteiger partial charge in [-0.2, -0.15) is 0 Å². The fourth-order valence-corrected chi connectivity index (χ4v) is 4.87. The monoisotopic (exact) mass is 452 g/mol. The zero-order chi connectivity index (χ0) is 23.1. The van der Waals surface area contributed by atoms with Crippen molar-refractivity contribution in [2.75, 3.05) is 24.0 Å². The zero-order valence-electron chi connectivity index (χ0n) is 18.5. The molecule has 32 heavy (non-hydrogen) atoms. The maximum Gasteiger partial charge on any atom is 0.264 e. The van der Waals surface area contributed by atoms with Gasteiger partial charge >= 0.3 is 0 Å². The van der Waals surface area contributed by atoms with Crippen molar-refractivity contribution < 1.29 is 17.9 Å². The summed E-state index contributed by atoms with van der Waals surface area (Å²) in [6, 6.07) is 21.1. The molecule has 3 aromatic carbocycles. The number of nitrogens with zero attached hydrogens (tertiary/aromatic N) is 1. The van der Waals surface area contributed by atoms with Gasteiger partial charge in [0.2, 0.25) is 5.91 Å². The second kappa shape index (κ2) is 10.3. The molecule has 0 heterocycles. The molecule has 7 heteroatoms. The Morgan fingerprint density at radius 2 is 1.59 bits per heavy atom. The van der Waals surface area contributed by atoms with Gasteiger partial charge in [0.15, 0.2) is 0 Å². The number of carbonyl (C=O) groups is 1. The van der Waals surface area contributed by atoms with Crippen molar-refractivity contribution in [3.05, 3.63) is 89.5 Å². The van der Waals surface area contributed by atoms with Crippen LogP contribution in [0.2, 0.25) is 0 Å². The van der Waals surface area contributed by atoms with Crippen LogP contribution >= 0.6 is 0 Å². The van der Waals surface area contributed by atoms with E-state index in [9.17, 15) is 13.2 Å². The molecule has 0 saturated heterocycles. The Morgan fingerprint density at radius 3 is 2.28 bits per heavy atom. The lowest BCUT2D eigenvalue weighted by atomic mass is 10.1. The van der Waals surface area contributed by atoms with Crippen LogP contribution < -0.4 is 14.4 Å². The lowest BCUT2D eigenvalue weighted by molar-refractivity contribution is -0.119. The Balaban J connectivity index is 1.69. The third-order valence-corrected chi connectivity index (χ3v) is 6.79. The summed E-state index contributed by atoms with van der Waals surface area (Å²) in [7, 11) is -3.91. The predicted molar refractivity (Wildman–Crippen MR) is 127 cm³/mol. The number of nitrogens with one attached hydrogen (secondary N) is 1. The number of sulfonamides is 1. The Bertz CT molecular complexity index is 1180. The van der Waals surface area contributed by atoms with E-state index < -0.39 is 15.9 Å². The zero-order valence-corrected chi connectivity index (χ0v) is 19.4. The lowest BCUT2D eigenvalue weighted by Crippen LogP contribution is -2.42. The molecule has 0 atom stereocenters. The molecule has 6 nitrogen and oxygen atoms in total. The highest BCUT2D eigenvalue weighted by molar-refractivity contribution is 7.92. The molecule has 0 aliphatic heterocycles. The molecular weight excluding hydrogens is 424 g/mol. The van der Waals surface area contributed by atoms with E-state index >= 15 is 0 Å². The van der Waals surface area contributed by atoms with Gasteiger partial charge in [-0.05, 0) is 56.2 Å². The van der Waals surface area contributed by atoms with E-state index in [2.05, 4.69) is 5.32 Å². The minimum absolute atomic E-state index is 0.134. The summed E-state index contributed by atoms with van der Waals surface area (Å²) in [6.07, 6.45) is 0. The molecule has 0 aliphatic carbocycles. The van der Waals surface area contributed by atoms with Crippen molar-refractivity contribution in [3.63, 3.8) is 0 Å². The van der Waals surface area contributed by atoms with E-state index in [0.717, 1.165) is 26.7 Å². The van der Waals surface area contributed by atoms with Gasteiger partial charge in [0, 0.05) is 0 Å². The third-order valence-electron chi connectivity index (χ3n) is 5.01. The summed E-state index contributed by atoms with van der Waals surface area (Å²) in [4.78, 5) is 12.8. The van der Waals surface area contributed by atoms with Crippen molar-refractivity contribution in [3.8, 4) is 5.75 Å². The smallest absolute Gasteiger partial charge is 0.264 e. The molecule has 1 amide bonds. The van der Waals surface area contributed by atoms with Crippen LogP contribution in [0.25, 0.3) is 0 Å². The summed E-state index contributed by atoms with van der Waals surface area (Å²) in [6.45, 7) is 6.02. The maximum atomic E-state index is 13.3. The van der Waals surface area contributed by atoms with Crippen LogP contribution in [0, 0.1) is 20.8 Å². The van der Waals surface area contributed by atoms with Crippen molar-refractivity contribution in [1.82, 2.24) is 5.32 Å². The first-order valence-corrected chi connectivity index (χ1v) is 11.8. The van der Waals surface area contributed by atoms with E-state index in [1.54, 1.807) is 30.3 Å². The molecule has 0 radical (unpaired) electrons. The molecule has 3 rings (SSSR count). The predicted octanol–water partition coefficient (Wildman–Crippen LogP) is 4.00. The SMILES string of the molecule is Cc1ccc(OCCNC(=O)CN(c2ccccc2C)S(=O)(=O)c2ccccc2)c(C)c1. The van der Waals surface area contributed by atoms with Gasteiger partial charge in [0.25, 0.3) is 10.0 Å². The standard InChI is InChI=1S/C25H28N2O4S/c1-19-13-14-24(21(3)17-19)31-16-15-26-25(28)18-27(23-12-8-7-9-20(23)2)32(29,30)22-10-5-4-6-11-22/h4-14,17H,15-16,18H2,1-3H3,(H,26,28). The topological polar surface area (TPSA) is 75.7 Å². The van der Waals surface area contributed by atoms with E-state index in [-0.39, 0.29) is 24.6 Å². The Labute approximate surface area is 189 Å². The highest BCUT2D eigenvalue weighted by Crippen LogP contribution is 2.26. The summed E-state index contributed by atoms with van der Waals surface area (Å²) >= 11 is 0. The van der Waals surface area contributed by atoms with Crippen molar-refractivity contribution in [2.24, 2.45) is 0 Å². The van der Waals surface area contributed by atoms with E-state index in [0.29, 0.717) is 5.69 Å².